The summed E-state index contributed by atoms with van der Waals surface area (Å²) >= 11 is 0. The molecular formula is C10H18N4. The van der Waals surface area contributed by atoms with E-state index >= 15 is 0 Å². The van der Waals surface area contributed by atoms with Gasteiger partial charge in [-0.15, -0.1) is 0 Å². The van der Waals surface area contributed by atoms with Gasteiger partial charge in [-0.25, -0.2) is 9.97 Å². The number of aromatic nitrogens is 2. The zero-order chi connectivity index (χ0) is 10.4. The van der Waals surface area contributed by atoms with E-state index in [9.17, 15) is 0 Å². The van der Waals surface area contributed by atoms with Crippen LogP contribution >= 0.6 is 0 Å². The second kappa shape index (κ2) is 5.42. The van der Waals surface area contributed by atoms with E-state index in [0.717, 1.165) is 23.7 Å². The van der Waals surface area contributed by atoms with Crippen LogP contribution in [-0.2, 0) is 0 Å². The number of rotatable bonds is 5. The summed E-state index contributed by atoms with van der Waals surface area (Å²) in [5.74, 6) is 1.82. The summed E-state index contributed by atoms with van der Waals surface area (Å²) < 4.78 is 0. The molecule has 4 heteroatoms. The summed E-state index contributed by atoms with van der Waals surface area (Å²) in [5, 5.41) is 6.33. The Labute approximate surface area is 85.2 Å². The Balaban J connectivity index is 2.66. The van der Waals surface area contributed by atoms with Crippen LogP contribution in [0.2, 0.25) is 0 Å². The minimum Gasteiger partial charge on any atom is -0.373 e. The van der Waals surface area contributed by atoms with Crippen LogP contribution in [0.5, 0.6) is 0 Å². The molecule has 0 saturated carbocycles. The molecule has 0 atom stereocenters. The molecule has 0 amide bonds. The van der Waals surface area contributed by atoms with E-state index in [4.69, 9.17) is 0 Å². The summed E-state index contributed by atoms with van der Waals surface area (Å²) in [5.41, 5.74) is 1.08. The van der Waals surface area contributed by atoms with Crippen molar-refractivity contribution in [1.29, 1.82) is 0 Å². The highest BCUT2D eigenvalue weighted by Crippen LogP contribution is 2.17. The molecule has 0 fully saturated rings. The lowest BCUT2D eigenvalue weighted by Crippen LogP contribution is -2.07. The van der Waals surface area contributed by atoms with Crippen LogP contribution in [0.15, 0.2) is 6.33 Å². The van der Waals surface area contributed by atoms with Crippen molar-refractivity contribution in [1.82, 2.24) is 9.97 Å². The molecule has 78 valence electrons. The van der Waals surface area contributed by atoms with Crippen molar-refractivity contribution in [2.75, 3.05) is 24.2 Å². The van der Waals surface area contributed by atoms with Gasteiger partial charge < -0.3 is 10.6 Å². The van der Waals surface area contributed by atoms with Crippen molar-refractivity contribution in [2.24, 2.45) is 0 Å². The maximum Gasteiger partial charge on any atom is 0.134 e. The van der Waals surface area contributed by atoms with Gasteiger partial charge in [0.05, 0.1) is 0 Å². The largest absolute Gasteiger partial charge is 0.373 e. The molecule has 0 bridgehead atoms. The zero-order valence-corrected chi connectivity index (χ0v) is 9.09. The van der Waals surface area contributed by atoms with Crippen molar-refractivity contribution in [3.63, 3.8) is 0 Å². The topological polar surface area (TPSA) is 49.8 Å². The molecule has 0 saturated heterocycles. The maximum atomic E-state index is 4.20. The monoisotopic (exact) mass is 194 g/mol. The van der Waals surface area contributed by atoms with Crippen molar-refractivity contribution >= 4 is 11.6 Å². The third-order valence-electron chi connectivity index (χ3n) is 2.14. The van der Waals surface area contributed by atoms with Gasteiger partial charge in [-0.05, 0) is 13.3 Å². The summed E-state index contributed by atoms with van der Waals surface area (Å²) in [6.45, 7) is 5.16. The molecule has 0 spiro atoms. The summed E-state index contributed by atoms with van der Waals surface area (Å²) in [6, 6.07) is 0. The Hall–Kier alpha value is -1.32. The number of unbranched alkanes of at least 4 members (excludes halogenated alkanes) is 1. The van der Waals surface area contributed by atoms with Gasteiger partial charge in [-0.2, -0.15) is 0 Å². The number of hydrogen-bond acceptors (Lipinski definition) is 4. The molecular weight excluding hydrogens is 176 g/mol. The first kappa shape index (κ1) is 10.8. The normalized spacial score (nSPS) is 9.93. The Bertz CT molecular complexity index is 285. The molecule has 0 aliphatic rings. The molecule has 0 aliphatic carbocycles. The molecule has 0 aliphatic heterocycles. The molecule has 0 unspecified atom stereocenters. The van der Waals surface area contributed by atoms with Crippen LogP contribution in [0.4, 0.5) is 11.6 Å². The second-order valence-electron chi connectivity index (χ2n) is 3.23. The van der Waals surface area contributed by atoms with Gasteiger partial charge in [0.2, 0.25) is 0 Å². The van der Waals surface area contributed by atoms with E-state index in [-0.39, 0.29) is 0 Å². The highest BCUT2D eigenvalue weighted by atomic mass is 15.1. The third-order valence-corrected chi connectivity index (χ3v) is 2.14. The van der Waals surface area contributed by atoms with Gasteiger partial charge in [0.15, 0.2) is 0 Å². The second-order valence-corrected chi connectivity index (χ2v) is 3.23. The molecule has 1 aromatic rings. The lowest BCUT2D eigenvalue weighted by molar-refractivity contribution is 0.829. The minimum absolute atomic E-state index is 0.888. The molecule has 14 heavy (non-hydrogen) atoms. The molecule has 0 aromatic carbocycles. The van der Waals surface area contributed by atoms with E-state index < -0.39 is 0 Å². The van der Waals surface area contributed by atoms with E-state index in [2.05, 4.69) is 27.5 Å². The van der Waals surface area contributed by atoms with Crippen LogP contribution in [0.1, 0.15) is 25.3 Å². The standard InChI is InChI=1S/C10H18N4/c1-4-5-6-12-10-8(2)9(11-3)13-7-14-10/h7H,4-6H2,1-3H3,(H2,11,12,13,14). The predicted octanol–water partition coefficient (Wildman–Crippen LogP) is 2.04. The fourth-order valence-electron chi connectivity index (χ4n) is 1.26. The highest BCUT2D eigenvalue weighted by Gasteiger charge is 2.03. The SMILES string of the molecule is CCCCNc1ncnc(NC)c1C. The fraction of sp³-hybridized carbons (Fsp3) is 0.600. The minimum atomic E-state index is 0.888. The van der Waals surface area contributed by atoms with Gasteiger partial charge in [-0.1, -0.05) is 13.3 Å². The lowest BCUT2D eigenvalue weighted by Gasteiger charge is -2.10. The zero-order valence-electron chi connectivity index (χ0n) is 9.09. The first-order chi connectivity index (χ1) is 6.79. The smallest absolute Gasteiger partial charge is 0.134 e. The van der Waals surface area contributed by atoms with E-state index in [1.165, 1.54) is 12.8 Å². The number of nitrogens with one attached hydrogen (secondary N) is 2. The highest BCUT2D eigenvalue weighted by molar-refractivity contribution is 5.55. The first-order valence-corrected chi connectivity index (χ1v) is 5.02. The summed E-state index contributed by atoms with van der Waals surface area (Å²) in [4.78, 5) is 8.32. The van der Waals surface area contributed by atoms with Crippen LogP contribution in [0.3, 0.4) is 0 Å². The maximum absolute atomic E-state index is 4.20. The molecule has 1 rings (SSSR count). The van der Waals surface area contributed by atoms with Gasteiger partial charge in [0, 0.05) is 19.2 Å². The van der Waals surface area contributed by atoms with Crippen LogP contribution < -0.4 is 10.6 Å². The number of anilines is 2. The summed E-state index contributed by atoms with van der Waals surface area (Å²) in [6.07, 6.45) is 3.93. The van der Waals surface area contributed by atoms with Crippen LogP contribution in [0, 0.1) is 6.92 Å². The van der Waals surface area contributed by atoms with Gasteiger partial charge in [-0.3, -0.25) is 0 Å². The quantitative estimate of drug-likeness (QED) is 0.704. The van der Waals surface area contributed by atoms with Crippen LogP contribution in [-0.4, -0.2) is 23.6 Å². The predicted molar refractivity (Wildman–Crippen MR) is 59.7 cm³/mol. The van der Waals surface area contributed by atoms with Crippen molar-refractivity contribution < 1.29 is 0 Å². The number of hydrogen-bond donors (Lipinski definition) is 2. The molecule has 1 heterocycles. The van der Waals surface area contributed by atoms with Gasteiger partial charge in [0.25, 0.3) is 0 Å². The Morgan fingerprint density at radius 2 is 2.00 bits per heavy atom. The van der Waals surface area contributed by atoms with Crippen molar-refractivity contribution in [3.8, 4) is 0 Å². The molecule has 0 radical (unpaired) electrons. The van der Waals surface area contributed by atoms with E-state index in [1.54, 1.807) is 6.33 Å². The molecule has 1 aromatic heterocycles. The van der Waals surface area contributed by atoms with Crippen LogP contribution in [0.25, 0.3) is 0 Å². The molecule has 4 nitrogen and oxygen atoms in total. The average molecular weight is 194 g/mol. The Kier molecular flexibility index (Phi) is 4.16. The molecule has 2 N–H and O–H groups in total. The fourth-order valence-corrected chi connectivity index (χ4v) is 1.26. The van der Waals surface area contributed by atoms with Gasteiger partial charge in [0.1, 0.15) is 18.0 Å². The lowest BCUT2D eigenvalue weighted by atomic mass is 10.3. The summed E-state index contributed by atoms with van der Waals surface area (Å²) in [7, 11) is 1.87. The Morgan fingerprint density at radius 3 is 2.64 bits per heavy atom. The van der Waals surface area contributed by atoms with Crippen molar-refractivity contribution in [3.05, 3.63) is 11.9 Å². The number of nitrogens with zero attached hydrogens (tertiary/aromatic N) is 2. The van der Waals surface area contributed by atoms with Crippen molar-refractivity contribution in [2.45, 2.75) is 26.7 Å². The van der Waals surface area contributed by atoms with Gasteiger partial charge >= 0.3 is 0 Å². The van der Waals surface area contributed by atoms with E-state index in [1.807, 2.05) is 14.0 Å². The van der Waals surface area contributed by atoms with E-state index in [0.29, 0.717) is 0 Å². The average Bonchev–Trinajstić information content (AvgIpc) is 2.21. The Morgan fingerprint density at radius 1 is 1.29 bits per heavy atom. The third kappa shape index (κ3) is 2.58. The first-order valence-electron chi connectivity index (χ1n) is 5.02.